The first-order valence-electron chi connectivity index (χ1n) is 8.61. The van der Waals surface area contributed by atoms with Crippen molar-refractivity contribution in [2.75, 3.05) is 6.61 Å². The van der Waals surface area contributed by atoms with Gasteiger partial charge in [0.2, 0.25) is 0 Å². The van der Waals surface area contributed by atoms with Crippen molar-refractivity contribution in [3.05, 3.63) is 90.8 Å². The maximum absolute atomic E-state index is 14.7. The molecule has 0 bridgehead atoms. The lowest BCUT2D eigenvalue weighted by Crippen LogP contribution is -1.99. The topological polar surface area (TPSA) is 9.23 Å². The van der Waals surface area contributed by atoms with Crippen LogP contribution in [-0.2, 0) is 6.42 Å². The van der Waals surface area contributed by atoms with Gasteiger partial charge in [0, 0.05) is 5.56 Å². The molecule has 0 heterocycles. The molecule has 0 N–H and O–H groups in total. The first-order chi connectivity index (χ1) is 13.1. The lowest BCUT2D eigenvalue weighted by molar-refractivity contribution is 0.343. The molecule has 0 aliphatic carbocycles. The minimum absolute atomic E-state index is 0.0722. The van der Waals surface area contributed by atoms with Crippen LogP contribution in [0.15, 0.2) is 67.8 Å². The van der Waals surface area contributed by atoms with Crippen LogP contribution in [0, 0.1) is 17.5 Å². The Balaban J connectivity index is 2.06. The predicted octanol–water partition coefficient (Wildman–Crippen LogP) is 6.61. The van der Waals surface area contributed by atoms with Gasteiger partial charge in [0.25, 0.3) is 0 Å². The molecule has 0 amide bonds. The van der Waals surface area contributed by atoms with E-state index in [1.54, 1.807) is 12.1 Å². The van der Waals surface area contributed by atoms with Gasteiger partial charge in [0.1, 0.15) is 6.61 Å². The van der Waals surface area contributed by atoms with Gasteiger partial charge in [-0.2, -0.15) is 0 Å². The Hall–Kier alpha value is -3.01. The number of hydrogen-bond acceptors (Lipinski definition) is 1. The summed E-state index contributed by atoms with van der Waals surface area (Å²) in [5.74, 6) is -3.36. The van der Waals surface area contributed by atoms with Crippen LogP contribution in [0.3, 0.4) is 0 Å². The summed E-state index contributed by atoms with van der Waals surface area (Å²) in [7, 11) is 0. The maximum atomic E-state index is 14.7. The van der Waals surface area contributed by atoms with Gasteiger partial charge < -0.3 is 4.74 Å². The van der Waals surface area contributed by atoms with Gasteiger partial charge >= 0.3 is 0 Å². The van der Waals surface area contributed by atoms with E-state index < -0.39 is 22.8 Å². The molecule has 3 aromatic carbocycles. The zero-order valence-corrected chi connectivity index (χ0v) is 14.8. The molecule has 1 nitrogen and oxygen atoms in total. The maximum Gasteiger partial charge on any atom is 0.175 e. The Bertz CT molecular complexity index is 991. The average Bonchev–Trinajstić information content (AvgIpc) is 2.69. The van der Waals surface area contributed by atoms with E-state index in [9.17, 15) is 13.2 Å². The van der Waals surface area contributed by atoms with Gasteiger partial charge in [-0.15, -0.1) is 6.58 Å². The Morgan fingerprint density at radius 2 is 1.59 bits per heavy atom. The number of rotatable bonds is 7. The smallest absolute Gasteiger partial charge is 0.175 e. The molecular weight excluding hydrogens is 349 g/mol. The fraction of sp³-hybridized carbons (Fsp3) is 0.130. The number of halogens is 3. The number of allylic oxidation sites excluding steroid dienone is 1. The summed E-state index contributed by atoms with van der Waals surface area (Å²) in [6.07, 6.45) is 4.95. The highest BCUT2D eigenvalue weighted by atomic mass is 19.2. The van der Waals surface area contributed by atoms with Crippen LogP contribution in [0.5, 0.6) is 5.75 Å². The molecule has 138 valence electrons. The Labute approximate surface area is 156 Å². The van der Waals surface area contributed by atoms with Crippen LogP contribution in [0.2, 0.25) is 0 Å². The fourth-order valence-corrected chi connectivity index (χ4v) is 2.95. The van der Waals surface area contributed by atoms with Crippen LogP contribution in [0.4, 0.5) is 13.2 Å². The van der Waals surface area contributed by atoms with Crippen molar-refractivity contribution in [2.24, 2.45) is 0 Å². The van der Waals surface area contributed by atoms with Gasteiger partial charge in [0.15, 0.2) is 23.2 Å². The highest BCUT2D eigenvalue weighted by molar-refractivity contribution is 5.90. The van der Waals surface area contributed by atoms with Crippen molar-refractivity contribution < 1.29 is 17.9 Å². The van der Waals surface area contributed by atoms with E-state index in [1.165, 1.54) is 24.3 Å². The number of fused-ring (bicyclic) bond motifs is 1. The van der Waals surface area contributed by atoms with E-state index >= 15 is 0 Å². The quantitative estimate of drug-likeness (QED) is 0.427. The Kier molecular flexibility index (Phi) is 5.65. The molecule has 0 saturated carbocycles. The van der Waals surface area contributed by atoms with E-state index in [4.69, 9.17) is 4.74 Å². The third kappa shape index (κ3) is 3.75. The lowest BCUT2D eigenvalue weighted by Gasteiger charge is -2.12. The molecule has 0 radical (unpaired) electrons. The van der Waals surface area contributed by atoms with Crippen molar-refractivity contribution >= 4 is 10.8 Å². The Morgan fingerprint density at radius 3 is 2.26 bits per heavy atom. The van der Waals surface area contributed by atoms with Gasteiger partial charge in [0.05, 0.1) is 5.39 Å². The molecule has 0 aromatic heterocycles. The predicted molar refractivity (Wildman–Crippen MR) is 103 cm³/mol. The van der Waals surface area contributed by atoms with Crippen molar-refractivity contribution in [1.82, 2.24) is 0 Å². The molecule has 4 heteroatoms. The van der Waals surface area contributed by atoms with Crippen molar-refractivity contribution in [2.45, 2.75) is 12.8 Å². The molecule has 3 aromatic rings. The summed E-state index contributed by atoms with van der Waals surface area (Å²) in [5.41, 5.74) is 1.70. The second-order valence-corrected chi connectivity index (χ2v) is 6.15. The van der Waals surface area contributed by atoms with Crippen LogP contribution >= 0.6 is 0 Å². The number of benzene rings is 3. The van der Waals surface area contributed by atoms with Gasteiger partial charge in [-0.05, 0) is 41.5 Å². The van der Waals surface area contributed by atoms with E-state index in [0.29, 0.717) is 5.56 Å². The summed E-state index contributed by atoms with van der Waals surface area (Å²) < 4.78 is 49.0. The Morgan fingerprint density at radius 1 is 0.852 bits per heavy atom. The summed E-state index contributed by atoms with van der Waals surface area (Å²) in [5, 5.41) is -0.150. The second-order valence-electron chi connectivity index (χ2n) is 6.15. The molecule has 0 atom stereocenters. The van der Waals surface area contributed by atoms with Gasteiger partial charge in [-0.3, -0.25) is 0 Å². The van der Waals surface area contributed by atoms with Crippen molar-refractivity contribution in [3.63, 3.8) is 0 Å². The minimum Gasteiger partial charge on any atom is -0.486 e. The fourth-order valence-electron chi connectivity index (χ4n) is 2.95. The average molecular weight is 368 g/mol. The van der Waals surface area contributed by atoms with Crippen LogP contribution in [0.1, 0.15) is 12.0 Å². The highest BCUT2D eigenvalue weighted by Gasteiger charge is 2.20. The minimum atomic E-state index is -1.22. The van der Waals surface area contributed by atoms with Crippen LogP contribution in [-0.4, -0.2) is 6.61 Å². The van der Waals surface area contributed by atoms with Gasteiger partial charge in [-0.1, -0.05) is 49.1 Å². The van der Waals surface area contributed by atoms with Gasteiger partial charge in [-0.25, -0.2) is 13.2 Å². The summed E-state index contributed by atoms with van der Waals surface area (Å²) in [6, 6.07) is 11.6. The van der Waals surface area contributed by atoms with E-state index in [0.717, 1.165) is 18.4 Å². The number of aryl methyl sites for hydroxylation is 1. The zero-order valence-electron chi connectivity index (χ0n) is 14.8. The first-order valence-corrected chi connectivity index (χ1v) is 8.61. The van der Waals surface area contributed by atoms with Crippen molar-refractivity contribution in [1.29, 1.82) is 0 Å². The first kappa shape index (κ1) is 18.8. The molecule has 3 rings (SSSR count). The normalized spacial score (nSPS) is 10.8. The summed E-state index contributed by atoms with van der Waals surface area (Å²) >= 11 is 0. The van der Waals surface area contributed by atoms with E-state index in [-0.39, 0.29) is 23.3 Å². The zero-order chi connectivity index (χ0) is 19.4. The summed E-state index contributed by atoms with van der Waals surface area (Å²) in [4.78, 5) is 0. The third-order valence-electron chi connectivity index (χ3n) is 4.35. The molecule has 0 aliphatic heterocycles. The molecule has 0 fully saturated rings. The SMILES string of the molecule is C=CCCc1ccc(-c2cc3ccc(OCC=C)c(F)c3c(F)c2F)cc1. The summed E-state index contributed by atoms with van der Waals surface area (Å²) in [6.45, 7) is 7.24. The molecular formula is C23H19F3O. The molecule has 0 unspecified atom stereocenters. The molecule has 0 spiro atoms. The van der Waals surface area contributed by atoms with Crippen LogP contribution < -0.4 is 4.74 Å². The van der Waals surface area contributed by atoms with E-state index in [2.05, 4.69) is 13.2 Å². The standard InChI is InChI=1S/C23H19F3O/c1-3-5-6-15-7-9-16(10-8-15)18-14-17-11-12-19(27-13-4-2)22(25)20(17)23(26)21(18)24/h3-4,7-12,14H,1-2,5-6,13H2. The second kappa shape index (κ2) is 8.12. The number of hydrogen-bond donors (Lipinski definition) is 0. The van der Waals surface area contributed by atoms with E-state index in [1.807, 2.05) is 18.2 Å². The largest absolute Gasteiger partial charge is 0.486 e. The van der Waals surface area contributed by atoms with Crippen LogP contribution in [0.25, 0.3) is 21.9 Å². The molecule has 27 heavy (non-hydrogen) atoms. The monoisotopic (exact) mass is 368 g/mol. The highest BCUT2D eigenvalue weighted by Crippen LogP contribution is 2.35. The molecule has 0 aliphatic rings. The molecule has 0 saturated heterocycles. The van der Waals surface area contributed by atoms with Crippen molar-refractivity contribution in [3.8, 4) is 16.9 Å². The third-order valence-corrected chi connectivity index (χ3v) is 4.35. The number of ether oxygens (including phenoxy) is 1. The lowest BCUT2D eigenvalue weighted by atomic mass is 9.98.